The van der Waals surface area contributed by atoms with Crippen molar-refractivity contribution < 1.29 is 4.79 Å². The van der Waals surface area contributed by atoms with Crippen LogP contribution < -0.4 is 5.73 Å². The van der Waals surface area contributed by atoms with E-state index < -0.39 is 5.91 Å². The average Bonchev–Trinajstić information content (AvgIpc) is 2.46. The fourth-order valence-electron chi connectivity index (χ4n) is 1.34. The number of H-pyrrole nitrogens is 1. The standard InChI is InChI=1S/C8H9N3O/c9-7(12)8-10-5-3-1-2-4-6(5)11-8/h1,3-4H2,(H2,9,12)(H,10,11). The molecule has 62 valence electrons. The highest BCUT2D eigenvalue weighted by Crippen LogP contribution is 2.17. The molecule has 12 heavy (non-hydrogen) atoms. The van der Waals surface area contributed by atoms with Crippen LogP contribution in [0.4, 0.5) is 0 Å². The Bertz CT molecular complexity index is 293. The zero-order valence-corrected chi connectivity index (χ0v) is 6.55. The summed E-state index contributed by atoms with van der Waals surface area (Å²) in [7, 11) is 0. The maximum atomic E-state index is 10.7. The minimum absolute atomic E-state index is 0.267. The van der Waals surface area contributed by atoms with Gasteiger partial charge in [-0.1, -0.05) is 0 Å². The Morgan fingerprint density at radius 3 is 3.17 bits per heavy atom. The molecular weight excluding hydrogens is 154 g/mol. The van der Waals surface area contributed by atoms with Crippen molar-refractivity contribution in [1.82, 2.24) is 9.97 Å². The van der Waals surface area contributed by atoms with E-state index in [1.54, 1.807) is 0 Å². The molecule has 2 radical (unpaired) electrons. The number of hydrogen-bond acceptors (Lipinski definition) is 2. The van der Waals surface area contributed by atoms with Crippen LogP contribution in [-0.2, 0) is 12.8 Å². The minimum Gasteiger partial charge on any atom is -0.363 e. The molecule has 0 aliphatic heterocycles. The number of fused-ring (bicyclic) bond motifs is 1. The third-order valence-corrected chi connectivity index (χ3v) is 1.94. The maximum Gasteiger partial charge on any atom is 0.284 e. The van der Waals surface area contributed by atoms with Gasteiger partial charge >= 0.3 is 0 Å². The van der Waals surface area contributed by atoms with Gasteiger partial charge in [0.25, 0.3) is 5.91 Å². The molecule has 1 amide bonds. The van der Waals surface area contributed by atoms with E-state index in [4.69, 9.17) is 5.73 Å². The van der Waals surface area contributed by atoms with E-state index in [1.807, 2.05) is 0 Å². The first kappa shape index (κ1) is 7.34. The molecule has 0 unspecified atom stereocenters. The zero-order valence-electron chi connectivity index (χ0n) is 6.55. The number of aromatic nitrogens is 2. The van der Waals surface area contributed by atoms with Crippen LogP contribution in [0, 0.1) is 6.42 Å². The van der Waals surface area contributed by atoms with Crippen LogP contribution in [0.2, 0.25) is 0 Å². The van der Waals surface area contributed by atoms with Crippen LogP contribution in [0.15, 0.2) is 0 Å². The lowest BCUT2D eigenvalue weighted by Gasteiger charge is -2.06. The van der Waals surface area contributed by atoms with Gasteiger partial charge in [-0.15, -0.1) is 0 Å². The molecule has 4 nitrogen and oxygen atoms in total. The summed E-state index contributed by atoms with van der Waals surface area (Å²) in [5, 5.41) is 0. The first-order valence-electron chi connectivity index (χ1n) is 3.85. The first-order valence-corrected chi connectivity index (χ1v) is 3.85. The predicted octanol–water partition coefficient (Wildman–Crippen LogP) is 0.0786. The highest BCUT2D eigenvalue weighted by atomic mass is 16.1. The number of primary amides is 1. The second-order valence-corrected chi connectivity index (χ2v) is 2.80. The predicted molar refractivity (Wildman–Crippen MR) is 42.4 cm³/mol. The third kappa shape index (κ3) is 1.09. The highest BCUT2D eigenvalue weighted by molar-refractivity contribution is 5.89. The van der Waals surface area contributed by atoms with Crippen molar-refractivity contribution in [2.24, 2.45) is 5.73 Å². The van der Waals surface area contributed by atoms with Gasteiger partial charge in [0, 0.05) is 5.69 Å². The number of nitrogens with one attached hydrogen (secondary N) is 1. The maximum absolute atomic E-state index is 10.7. The smallest absolute Gasteiger partial charge is 0.284 e. The Labute approximate surface area is 70.2 Å². The normalized spacial score (nSPS) is 15.7. The number of rotatable bonds is 1. The molecule has 0 atom stereocenters. The molecule has 1 aromatic heterocycles. The lowest BCUT2D eigenvalue weighted by Crippen LogP contribution is -2.12. The Morgan fingerprint density at radius 1 is 1.67 bits per heavy atom. The molecule has 1 aliphatic carbocycles. The van der Waals surface area contributed by atoms with Crippen LogP contribution in [0.25, 0.3) is 0 Å². The molecule has 0 spiro atoms. The number of imidazole rings is 1. The van der Waals surface area contributed by atoms with Crippen molar-refractivity contribution in [3.05, 3.63) is 23.6 Å². The number of carbonyl (C=O) groups is 1. The number of nitrogens with zero attached hydrogens (tertiary/aromatic N) is 1. The van der Waals surface area contributed by atoms with E-state index in [2.05, 4.69) is 16.4 Å². The lowest BCUT2D eigenvalue weighted by atomic mass is 10.0. The highest BCUT2D eigenvalue weighted by Gasteiger charge is 2.16. The number of amides is 1. The van der Waals surface area contributed by atoms with Gasteiger partial charge in [0.2, 0.25) is 0 Å². The summed E-state index contributed by atoms with van der Waals surface area (Å²) in [6, 6.07) is 0. The fraction of sp³-hybridized carbons (Fsp3) is 0.375. The van der Waals surface area contributed by atoms with E-state index in [-0.39, 0.29) is 5.82 Å². The SMILES string of the molecule is NC(=O)c1nc2c([nH]1)CC[C]C2. The van der Waals surface area contributed by atoms with Gasteiger partial charge in [0.1, 0.15) is 0 Å². The average molecular weight is 163 g/mol. The monoisotopic (exact) mass is 163 g/mol. The summed E-state index contributed by atoms with van der Waals surface area (Å²) < 4.78 is 0. The summed E-state index contributed by atoms with van der Waals surface area (Å²) in [4.78, 5) is 17.7. The number of carbonyl (C=O) groups excluding carboxylic acids is 1. The number of hydrogen-bond donors (Lipinski definition) is 2. The van der Waals surface area contributed by atoms with Gasteiger partial charge in [0.15, 0.2) is 5.82 Å². The molecule has 2 rings (SSSR count). The Hall–Kier alpha value is -1.32. The van der Waals surface area contributed by atoms with Gasteiger partial charge in [-0.25, -0.2) is 4.98 Å². The summed E-state index contributed by atoms with van der Waals surface area (Å²) in [6.45, 7) is 0. The van der Waals surface area contributed by atoms with Crippen LogP contribution in [-0.4, -0.2) is 15.9 Å². The van der Waals surface area contributed by atoms with Crippen molar-refractivity contribution in [3.63, 3.8) is 0 Å². The summed E-state index contributed by atoms with van der Waals surface area (Å²) in [5.74, 6) is -0.229. The second-order valence-electron chi connectivity index (χ2n) is 2.80. The fourth-order valence-corrected chi connectivity index (χ4v) is 1.34. The van der Waals surface area contributed by atoms with Crippen LogP contribution in [0.5, 0.6) is 0 Å². The molecule has 4 heteroatoms. The van der Waals surface area contributed by atoms with Crippen LogP contribution in [0.1, 0.15) is 28.4 Å². The van der Waals surface area contributed by atoms with Gasteiger partial charge in [0.05, 0.1) is 5.69 Å². The quantitative estimate of drug-likeness (QED) is 0.615. The molecule has 0 fully saturated rings. The molecule has 1 heterocycles. The topological polar surface area (TPSA) is 71.8 Å². The van der Waals surface area contributed by atoms with E-state index in [0.29, 0.717) is 0 Å². The first-order chi connectivity index (χ1) is 5.77. The van der Waals surface area contributed by atoms with Gasteiger partial charge in [-0.3, -0.25) is 4.79 Å². The van der Waals surface area contributed by atoms with Crippen LogP contribution in [0.3, 0.4) is 0 Å². The van der Waals surface area contributed by atoms with E-state index >= 15 is 0 Å². The van der Waals surface area contributed by atoms with E-state index in [0.717, 1.165) is 30.7 Å². The molecule has 1 aromatic rings. The molecule has 1 aliphatic rings. The summed E-state index contributed by atoms with van der Waals surface area (Å²) >= 11 is 0. The van der Waals surface area contributed by atoms with E-state index in [1.165, 1.54) is 0 Å². The van der Waals surface area contributed by atoms with Crippen molar-refractivity contribution in [1.29, 1.82) is 0 Å². The summed E-state index contributed by atoms with van der Waals surface area (Å²) in [5.41, 5.74) is 7.01. The van der Waals surface area contributed by atoms with Gasteiger partial charge in [-0.2, -0.15) is 0 Å². The van der Waals surface area contributed by atoms with Crippen molar-refractivity contribution in [2.75, 3.05) is 0 Å². The minimum atomic E-state index is -0.496. The molecular formula is C8H9N3O. The Balaban J connectivity index is 2.38. The second kappa shape index (κ2) is 2.62. The van der Waals surface area contributed by atoms with E-state index in [9.17, 15) is 4.79 Å². The third-order valence-electron chi connectivity index (χ3n) is 1.94. The Kier molecular flexibility index (Phi) is 1.60. The molecule has 0 aromatic carbocycles. The molecule has 0 saturated carbocycles. The molecule has 0 saturated heterocycles. The lowest BCUT2D eigenvalue weighted by molar-refractivity contribution is 0.0991. The van der Waals surface area contributed by atoms with Crippen LogP contribution >= 0.6 is 0 Å². The number of aromatic amines is 1. The largest absolute Gasteiger partial charge is 0.363 e. The molecule has 3 N–H and O–H groups in total. The number of aryl methyl sites for hydroxylation is 1. The van der Waals surface area contributed by atoms with Crippen molar-refractivity contribution >= 4 is 5.91 Å². The Morgan fingerprint density at radius 2 is 2.50 bits per heavy atom. The van der Waals surface area contributed by atoms with Crippen molar-refractivity contribution in [2.45, 2.75) is 19.3 Å². The van der Waals surface area contributed by atoms with Gasteiger partial charge in [-0.05, 0) is 25.7 Å². The summed E-state index contributed by atoms with van der Waals surface area (Å²) in [6.07, 6.45) is 5.69. The van der Waals surface area contributed by atoms with Crippen molar-refractivity contribution in [3.8, 4) is 0 Å². The molecule has 0 bridgehead atoms. The van der Waals surface area contributed by atoms with Gasteiger partial charge < -0.3 is 10.7 Å². The zero-order chi connectivity index (χ0) is 8.55. The number of nitrogens with two attached hydrogens (primary N) is 1.